The van der Waals surface area contributed by atoms with Gasteiger partial charge in [0.25, 0.3) is 0 Å². The highest BCUT2D eigenvalue weighted by Crippen LogP contribution is 2.29. The second-order valence-corrected chi connectivity index (χ2v) is 6.96. The van der Waals surface area contributed by atoms with Gasteiger partial charge in [-0.3, -0.25) is 4.79 Å². The average Bonchev–Trinajstić information content (AvgIpc) is 3.42. The summed E-state index contributed by atoms with van der Waals surface area (Å²) in [5.41, 5.74) is 0.868. The quantitative estimate of drug-likeness (QED) is 0.483. The van der Waals surface area contributed by atoms with Crippen LogP contribution in [0.25, 0.3) is 0 Å². The number of carbonyl (C=O) groups excluding carboxylic acids is 1. The molecule has 0 spiro atoms. The summed E-state index contributed by atoms with van der Waals surface area (Å²) >= 11 is 6.09. The largest absolute Gasteiger partial charge is 0.474 e. The standard InChI is InChI=1S/C19H28ClN3O2/c1-4-5-6-7-10-23(3)19(24)17(21-2)12-14-11-15(20)13-22-18(14)25-16-8-9-16/h4,11,13,16-17,21H,1,5-10,12H2,2-3H3/t17-/m0/s1. The number of aromatic nitrogens is 1. The van der Waals surface area contributed by atoms with Crippen LogP contribution < -0.4 is 10.1 Å². The van der Waals surface area contributed by atoms with Crippen molar-refractivity contribution in [2.45, 2.75) is 50.7 Å². The van der Waals surface area contributed by atoms with Crippen molar-refractivity contribution in [3.05, 3.63) is 35.5 Å². The Morgan fingerprint density at radius 3 is 2.96 bits per heavy atom. The van der Waals surface area contributed by atoms with Crippen LogP contribution >= 0.6 is 11.6 Å². The first-order valence-corrected chi connectivity index (χ1v) is 9.27. The molecule has 1 N–H and O–H groups in total. The van der Waals surface area contributed by atoms with Gasteiger partial charge >= 0.3 is 0 Å². The van der Waals surface area contributed by atoms with Crippen LogP contribution in [0.3, 0.4) is 0 Å². The minimum absolute atomic E-state index is 0.0680. The molecule has 2 rings (SSSR count). The van der Waals surface area contributed by atoms with Crippen LogP contribution in [0.5, 0.6) is 5.88 Å². The van der Waals surface area contributed by atoms with Gasteiger partial charge in [-0.15, -0.1) is 6.58 Å². The molecule has 1 aliphatic rings. The lowest BCUT2D eigenvalue weighted by molar-refractivity contribution is -0.132. The van der Waals surface area contributed by atoms with Crippen molar-refractivity contribution in [3.63, 3.8) is 0 Å². The van der Waals surface area contributed by atoms with Gasteiger partial charge in [0, 0.05) is 31.8 Å². The van der Waals surface area contributed by atoms with Gasteiger partial charge in [0.2, 0.25) is 11.8 Å². The number of likely N-dealkylation sites (N-methyl/N-ethyl adjacent to an activating group) is 2. The number of carbonyl (C=O) groups is 1. The van der Waals surface area contributed by atoms with E-state index in [2.05, 4.69) is 16.9 Å². The molecule has 1 aromatic heterocycles. The Kier molecular flexibility index (Phi) is 7.72. The van der Waals surface area contributed by atoms with E-state index in [4.69, 9.17) is 16.3 Å². The summed E-state index contributed by atoms with van der Waals surface area (Å²) in [5, 5.41) is 3.67. The molecule has 1 atom stereocenters. The molecule has 1 fully saturated rings. The number of allylic oxidation sites excluding steroid dienone is 1. The molecule has 5 nitrogen and oxygen atoms in total. The lowest BCUT2D eigenvalue weighted by Crippen LogP contribution is -2.45. The van der Waals surface area contributed by atoms with E-state index < -0.39 is 0 Å². The number of pyridine rings is 1. The van der Waals surface area contributed by atoms with Crippen LogP contribution in [-0.2, 0) is 11.2 Å². The maximum Gasteiger partial charge on any atom is 0.239 e. The number of hydrogen-bond acceptors (Lipinski definition) is 4. The second-order valence-electron chi connectivity index (χ2n) is 6.52. The third-order valence-corrected chi connectivity index (χ3v) is 4.50. The van der Waals surface area contributed by atoms with Crippen molar-refractivity contribution >= 4 is 17.5 Å². The van der Waals surface area contributed by atoms with Gasteiger partial charge in [-0.2, -0.15) is 0 Å². The Bertz CT molecular complexity index is 590. The van der Waals surface area contributed by atoms with Crippen molar-refractivity contribution in [1.82, 2.24) is 15.2 Å². The molecule has 0 aliphatic heterocycles. The predicted octanol–water partition coefficient (Wildman–Crippen LogP) is 3.22. The minimum Gasteiger partial charge on any atom is -0.474 e. The highest BCUT2D eigenvalue weighted by molar-refractivity contribution is 6.30. The maximum atomic E-state index is 12.7. The molecule has 1 amide bonds. The summed E-state index contributed by atoms with van der Waals surface area (Å²) in [6.45, 7) is 4.46. The summed E-state index contributed by atoms with van der Waals surface area (Å²) in [6.07, 6.45) is 9.37. The Morgan fingerprint density at radius 2 is 2.32 bits per heavy atom. The first-order valence-electron chi connectivity index (χ1n) is 8.89. The van der Waals surface area contributed by atoms with Crippen LogP contribution in [0.15, 0.2) is 24.9 Å². The molecule has 0 saturated heterocycles. The number of unbranched alkanes of at least 4 members (excludes halogenated alkanes) is 2. The van der Waals surface area contributed by atoms with Crippen LogP contribution in [0.1, 0.15) is 37.7 Å². The molecule has 1 heterocycles. The molecule has 0 bridgehead atoms. The van der Waals surface area contributed by atoms with E-state index in [0.717, 1.165) is 44.2 Å². The van der Waals surface area contributed by atoms with Gasteiger partial charge in [0.1, 0.15) is 6.10 Å². The molecule has 1 aliphatic carbocycles. The van der Waals surface area contributed by atoms with Crippen molar-refractivity contribution in [2.24, 2.45) is 0 Å². The van der Waals surface area contributed by atoms with Crippen molar-refractivity contribution < 1.29 is 9.53 Å². The molecule has 6 heteroatoms. The molecule has 1 aromatic rings. The molecular formula is C19H28ClN3O2. The number of amides is 1. The van der Waals surface area contributed by atoms with E-state index in [1.807, 2.05) is 19.2 Å². The van der Waals surface area contributed by atoms with E-state index >= 15 is 0 Å². The molecular weight excluding hydrogens is 338 g/mol. The maximum absolute atomic E-state index is 12.7. The van der Waals surface area contributed by atoms with E-state index in [1.165, 1.54) is 0 Å². The lowest BCUT2D eigenvalue weighted by Gasteiger charge is -2.24. The van der Waals surface area contributed by atoms with Gasteiger partial charge in [0.15, 0.2) is 0 Å². The monoisotopic (exact) mass is 365 g/mol. The zero-order valence-electron chi connectivity index (χ0n) is 15.1. The summed E-state index contributed by atoms with van der Waals surface area (Å²) in [7, 11) is 3.64. The van der Waals surface area contributed by atoms with Crippen molar-refractivity contribution in [2.75, 3.05) is 20.6 Å². The fourth-order valence-corrected chi connectivity index (χ4v) is 2.79. The number of halogens is 1. The predicted molar refractivity (Wildman–Crippen MR) is 101 cm³/mol. The summed E-state index contributed by atoms with van der Waals surface area (Å²) in [6, 6.07) is 1.51. The van der Waals surface area contributed by atoms with Crippen LogP contribution in [-0.4, -0.2) is 48.6 Å². The average molecular weight is 366 g/mol. The lowest BCUT2D eigenvalue weighted by atomic mass is 10.1. The highest BCUT2D eigenvalue weighted by Gasteiger charge is 2.27. The van der Waals surface area contributed by atoms with Crippen LogP contribution in [0.4, 0.5) is 0 Å². The molecule has 25 heavy (non-hydrogen) atoms. The van der Waals surface area contributed by atoms with Gasteiger partial charge < -0.3 is 15.0 Å². The number of hydrogen-bond donors (Lipinski definition) is 1. The Morgan fingerprint density at radius 1 is 1.56 bits per heavy atom. The fourth-order valence-electron chi connectivity index (χ4n) is 2.61. The van der Waals surface area contributed by atoms with Crippen molar-refractivity contribution in [1.29, 1.82) is 0 Å². The van der Waals surface area contributed by atoms with E-state index in [0.29, 0.717) is 17.3 Å². The molecule has 0 aromatic carbocycles. The van der Waals surface area contributed by atoms with Gasteiger partial charge in [0.05, 0.1) is 11.1 Å². The third-order valence-electron chi connectivity index (χ3n) is 4.29. The van der Waals surface area contributed by atoms with Crippen molar-refractivity contribution in [3.8, 4) is 5.88 Å². The fraction of sp³-hybridized carbons (Fsp3) is 0.579. The topological polar surface area (TPSA) is 54.5 Å². The molecule has 0 radical (unpaired) electrons. The van der Waals surface area contributed by atoms with E-state index in [9.17, 15) is 4.79 Å². The SMILES string of the molecule is C=CCCCCN(C)C(=O)[C@H](Cc1cc(Cl)cnc1OC1CC1)NC. The Labute approximate surface area is 155 Å². The third kappa shape index (κ3) is 6.33. The number of ether oxygens (including phenoxy) is 1. The van der Waals surface area contributed by atoms with Crippen LogP contribution in [0.2, 0.25) is 5.02 Å². The number of nitrogens with zero attached hydrogens (tertiary/aromatic N) is 2. The summed E-state index contributed by atoms with van der Waals surface area (Å²) in [5.74, 6) is 0.659. The first-order chi connectivity index (χ1) is 12.0. The van der Waals surface area contributed by atoms with Gasteiger partial charge in [-0.1, -0.05) is 17.7 Å². The minimum atomic E-state index is -0.328. The summed E-state index contributed by atoms with van der Waals surface area (Å²) in [4.78, 5) is 18.8. The first kappa shape index (κ1) is 19.7. The summed E-state index contributed by atoms with van der Waals surface area (Å²) < 4.78 is 5.86. The van der Waals surface area contributed by atoms with E-state index in [-0.39, 0.29) is 18.1 Å². The molecule has 138 valence electrons. The Hall–Kier alpha value is -1.59. The number of nitrogens with one attached hydrogen (secondary N) is 1. The second kappa shape index (κ2) is 9.78. The van der Waals surface area contributed by atoms with Gasteiger partial charge in [-0.25, -0.2) is 4.98 Å². The zero-order chi connectivity index (χ0) is 18.2. The molecule has 0 unspecified atom stereocenters. The zero-order valence-corrected chi connectivity index (χ0v) is 15.9. The number of rotatable bonds is 11. The highest BCUT2D eigenvalue weighted by atomic mass is 35.5. The molecule has 1 saturated carbocycles. The smallest absolute Gasteiger partial charge is 0.239 e. The van der Waals surface area contributed by atoms with Crippen LogP contribution in [0, 0.1) is 0 Å². The normalized spacial score (nSPS) is 14.8. The van der Waals surface area contributed by atoms with E-state index in [1.54, 1.807) is 18.1 Å². The van der Waals surface area contributed by atoms with Gasteiger partial charge in [-0.05, 0) is 45.2 Å². The Balaban J connectivity index is 1.99.